The van der Waals surface area contributed by atoms with Crippen LogP contribution in [0.15, 0.2) is 48.5 Å². The van der Waals surface area contributed by atoms with Crippen LogP contribution in [-0.2, 0) is 19.5 Å². The van der Waals surface area contributed by atoms with Crippen LogP contribution in [0.1, 0.15) is 16.8 Å². The van der Waals surface area contributed by atoms with Gasteiger partial charge in [-0.15, -0.1) is 12.4 Å². The van der Waals surface area contributed by atoms with E-state index in [9.17, 15) is 4.39 Å². The zero-order valence-electron chi connectivity index (χ0n) is 13.5. The van der Waals surface area contributed by atoms with E-state index in [0.717, 1.165) is 41.4 Å². The fourth-order valence-corrected chi connectivity index (χ4v) is 3.28. The van der Waals surface area contributed by atoms with Crippen molar-refractivity contribution in [1.82, 2.24) is 15.1 Å². The van der Waals surface area contributed by atoms with Crippen LogP contribution in [0, 0.1) is 5.82 Å². The minimum Gasteiger partial charge on any atom is -0.312 e. The van der Waals surface area contributed by atoms with Crippen LogP contribution >= 0.6 is 24.0 Å². The summed E-state index contributed by atoms with van der Waals surface area (Å²) in [6.45, 7) is 2.45. The van der Waals surface area contributed by atoms with E-state index in [2.05, 4.69) is 10.00 Å². The molecule has 130 valence electrons. The lowest BCUT2D eigenvalue weighted by Gasteiger charge is -2.16. The summed E-state index contributed by atoms with van der Waals surface area (Å²) in [6.07, 6.45) is 0.942. The van der Waals surface area contributed by atoms with Gasteiger partial charge < -0.3 is 5.32 Å². The van der Waals surface area contributed by atoms with Crippen LogP contribution in [0.4, 0.5) is 4.39 Å². The monoisotopic (exact) mass is 377 g/mol. The number of hydrogen-bond acceptors (Lipinski definition) is 2. The maximum atomic E-state index is 13.2. The molecule has 1 aromatic heterocycles. The standard InChI is InChI=1S/C19H17ClFN3.ClH/c20-15-5-1-13(2-6-15)12-24-18-9-10-22-11-17(18)19(23-24)14-3-7-16(21)8-4-14;/h1-8,22H,9-12H2;1H. The van der Waals surface area contributed by atoms with Crippen molar-refractivity contribution in [2.45, 2.75) is 19.5 Å². The Kier molecular flexibility index (Phi) is 5.42. The molecule has 1 N–H and O–H groups in total. The van der Waals surface area contributed by atoms with E-state index >= 15 is 0 Å². The van der Waals surface area contributed by atoms with Gasteiger partial charge in [0.05, 0.1) is 12.2 Å². The second kappa shape index (κ2) is 7.56. The number of nitrogens with zero attached hydrogens (tertiary/aromatic N) is 2. The molecule has 4 rings (SSSR count). The maximum absolute atomic E-state index is 13.2. The molecule has 3 aromatic rings. The van der Waals surface area contributed by atoms with Gasteiger partial charge in [0.25, 0.3) is 0 Å². The Morgan fingerprint density at radius 1 is 1.08 bits per heavy atom. The van der Waals surface area contributed by atoms with Crippen LogP contribution in [-0.4, -0.2) is 16.3 Å². The quantitative estimate of drug-likeness (QED) is 0.730. The molecule has 25 heavy (non-hydrogen) atoms. The first-order chi connectivity index (χ1) is 11.7. The molecule has 0 amide bonds. The third kappa shape index (κ3) is 3.71. The smallest absolute Gasteiger partial charge is 0.123 e. The van der Waals surface area contributed by atoms with Gasteiger partial charge in [-0.25, -0.2) is 4.39 Å². The van der Waals surface area contributed by atoms with Gasteiger partial charge in [-0.1, -0.05) is 23.7 Å². The topological polar surface area (TPSA) is 29.9 Å². The molecule has 0 spiro atoms. The summed E-state index contributed by atoms with van der Waals surface area (Å²) >= 11 is 5.97. The first-order valence-electron chi connectivity index (χ1n) is 8.00. The average Bonchev–Trinajstić information content (AvgIpc) is 2.97. The highest BCUT2D eigenvalue weighted by Crippen LogP contribution is 2.28. The first kappa shape index (κ1) is 17.9. The second-order valence-corrected chi connectivity index (χ2v) is 6.43. The molecule has 0 saturated heterocycles. The van der Waals surface area contributed by atoms with Gasteiger partial charge in [0.1, 0.15) is 5.82 Å². The summed E-state index contributed by atoms with van der Waals surface area (Å²) in [6, 6.07) is 14.4. The molecule has 0 aliphatic carbocycles. The Hall–Kier alpha value is -1.88. The fourth-order valence-electron chi connectivity index (χ4n) is 3.15. The predicted octanol–water partition coefficient (Wildman–Crippen LogP) is 4.46. The molecule has 0 saturated carbocycles. The van der Waals surface area contributed by atoms with E-state index in [1.54, 1.807) is 12.1 Å². The fraction of sp³-hybridized carbons (Fsp3) is 0.211. The number of halogens is 3. The van der Waals surface area contributed by atoms with Gasteiger partial charge in [-0.3, -0.25) is 4.68 Å². The lowest BCUT2D eigenvalue weighted by atomic mass is 10.0. The normalized spacial score (nSPS) is 13.2. The van der Waals surface area contributed by atoms with Crippen LogP contribution in [0.25, 0.3) is 11.3 Å². The molecule has 0 radical (unpaired) electrons. The van der Waals surface area contributed by atoms with Gasteiger partial charge in [0.15, 0.2) is 0 Å². The second-order valence-electron chi connectivity index (χ2n) is 5.99. The van der Waals surface area contributed by atoms with E-state index in [-0.39, 0.29) is 18.2 Å². The van der Waals surface area contributed by atoms with Crippen molar-refractivity contribution in [3.63, 3.8) is 0 Å². The van der Waals surface area contributed by atoms with E-state index in [0.29, 0.717) is 6.54 Å². The van der Waals surface area contributed by atoms with Gasteiger partial charge in [0, 0.05) is 41.4 Å². The van der Waals surface area contributed by atoms with Gasteiger partial charge in [-0.05, 0) is 42.0 Å². The van der Waals surface area contributed by atoms with Gasteiger partial charge in [0.2, 0.25) is 0 Å². The summed E-state index contributed by atoms with van der Waals surface area (Å²) in [5, 5.41) is 8.97. The maximum Gasteiger partial charge on any atom is 0.123 e. The average molecular weight is 378 g/mol. The van der Waals surface area contributed by atoms with Crippen molar-refractivity contribution in [2.75, 3.05) is 6.54 Å². The molecular formula is C19H18Cl2FN3. The van der Waals surface area contributed by atoms with Crippen molar-refractivity contribution in [3.05, 3.63) is 76.2 Å². The zero-order chi connectivity index (χ0) is 16.5. The highest BCUT2D eigenvalue weighted by Gasteiger charge is 2.21. The molecule has 0 unspecified atom stereocenters. The van der Waals surface area contributed by atoms with Crippen molar-refractivity contribution in [1.29, 1.82) is 0 Å². The third-order valence-electron chi connectivity index (χ3n) is 4.37. The van der Waals surface area contributed by atoms with Gasteiger partial charge in [-0.2, -0.15) is 5.10 Å². The van der Waals surface area contributed by atoms with Crippen LogP contribution < -0.4 is 5.32 Å². The summed E-state index contributed by atoms with van der Waals surface area (Å²) < 4.78 is 15.3. The number of nitrogens with one attached hydrogen (secondary N) is 1. The molecule has 0 atom stereocenters. The highest BCUT2D eigenvalue weighted by atomic mass is 35.5. The first-order valence-corrected chi connectivity index (χ1v) is 8.38. The van der Waals surface area contributed by atoms with E-state index < -0.39 is 0 Å². The van der Waals surface area contributed by atoms with Crippen molar-refractivity contribution < 1.29 is 4.39 Å². The Morgan fingerprint density at radius 2 is 1.80 bits per heavy atom. The summed E-state index contributed by atoms with van der Waals surface area (Å²) in [4.78, 5) is 0. The van der Waals surface area contributed by atoms with Crippen LogP contribution in [0.2, 0.25) is 5.02 Å². The minimum absolute atomic E-state index is 0. The van der Waals surface area contributed by atoms with E-state index in [4.69, 9.17) is 16.7 Å². The van der Waals surface area contributed by atoms with Crippen molar-refractivity contribution in [2.24, 2.45) is 0 Å². The van der Waals surface area contributed by atoms with Crippen LogP contribution in [0.3, 0.4) is 0 Å². The van der Waals surface area contributed by atoms with Crippen molar-refractivity contribution in [3.8, 4) is 11.3 Å². The number of rotatable bonds is 3. The lowest BCUT2D eigenvalue weighted by Crippen LogP contribution is -2.25. The number of aromatic nitrogens is 2. The number of hydrogen-bond donors (Lipinski definition) is 1. The largest absolute Gasteiger partial charge is 0.312 e. The summed E-state index contributed by atoms with van der Waals surface area (Å²) in [7, 11) is 0. The molecule has 0 bridgehead atoms. The van der Waals surface area contributed by atoms with Gasteiger partial charge >= 0.3 is 0 Å². The minimum atomic E-state index is -0.230. The molecule has 2 aromatic carbocycles. The Morgan fingerprint density at radius 3 is 2.52 bits per heavy atom. The molecule has 1 aliphatic heterocycles. The molecule has 6 heteroatoms. The van der Waals surface area contributed by atoms with E-state index in [1.165, 1.54) is 23.4 Å². The van der Waals surface area contributed by atoms with Crippen molar-refractivity contribution >= 4 is 24.0 Å². The van der Waals surface area contributed by atoms with Crippen LogP contribution in [0.5, 0.6) is 0 Å². The van der Waals surface area contributed by atoms with E-state index in [1.807, 2.05) is 24.3 Å². The number of benzene rings is 2. The predicted molar refractivity (Wildman–Crippen MR) is 101 cm³/mol. The zero-order valence-corrected chi connectivity index (χ0v) is 15.1. The molecule has 3 nitrogen and oxygen atoms in total. The third-order valence-corrected chi connectivity index (χ3v) is 4.62. The molecule has 1 aliphatic rings. The summed E-state index contributed by atoms with van der Waals surface area (Å²) in [5.74, 6) is -0.230. The summed E-state index contributed by atoms with van der Waals surface area (Å²) in [5.41, 5.74) is 5.51. The Labute approximate surface area is 157 Å². The molecular weight excluding hydrogens is 360 g/mol. The molecule has 0 fully saturated rings. The molecule has 2 heterocycles. The Bertz CT molecular complexity index is 858. The SMILES string of the molecule is Cl.Fc1ccc(-c2nn(Cc3ccc(Cl)cc3)c3c2CNCC3)cc1. The highest BCUT2D eigenvalue weighted by molar-refractivity contribution is 6.30. The number of fused-ring (bicyclic) bond motifs is 1. The lowest BCUT2D eigenvalue weighted by molar-refractivity contribution is 0.582. The Balaban J connectivity index is 0.00000182.